The van der Waals surface area contributed by atoms with Crippen molar-refractivity contribution < 1.29 is 0 Å². The molecule has 0 unspecified atom stereocenters. The number of rotatable bonds is 8. The average Bonchev–Trinajstić information content (AvgIpc) is 2.34. The quantitative estimate of drug-likeness (QED) is 0.546. The van der Waals surface area contributed by atoms with Crippen LogP contribution in [0, 0.1) is 0 Å². The number of hydrogen-bond acceptors (Lipinski definition) is 2. The van der Waals surface area contributed by atoms with Crippen molar-refractivity contribution in [1.29, 1.82) is 0 Å². The highest BCUT2D eigenvalue weighted by Crippen LogP contribution is 2.22. The summed E-state index contributed by atoms with van der Waals surface area (Å²) >= 11 is 1.97. The van der Waals surface area contributed by atoms with Crippen LogP contribution in [0.4, 0.5) is 0 Å². The van der Waals surface area contributed by atoms with Crippen LogP contribution in [0.1, 0.15) is 45.1 Å². The topological polar surface area (TPSA) is 12.0 Å². The van der Waals surface area contributed by atoms with Crippen LogP contribution in [-0.2, 0) is 0 Å². The Bertz CT molecular complexity index is 292. The van der Waals surface area contributed by atoms with Crippen molar-refractivity contribution in [2.75, 3.05) is 18.8 Å². The van der Waals surface area contributed by atoms with Crippen LogP contribution in [-0.4, -0.2) is 18.8 Å². The van der Waals surface area contributed by atoms with Gasteiger partial charge in [-0.1, -0.05) is 32.9 Å². The van der Waals surface area contributed by atoms with Gasteiger partial charge in [0.25, 0.3) is 0 Å². The Labute approximate surface area is 110 Å². The summed E-state index contributed by atoms with van der Waals surface area (Å²) in [7, 11) is 0. The Morgan fingerprint density at radius 1 is 1.12 bits per heavy atom. The van der Waals surface area contributed by atoms with Gasteiger partial charge in [0.1, 0.15) is 0 Å². The summed E-state index contributed by atoms with van der Waals surface area (Å²) in [6, 6.07) is 9.02. The second kappa shape index (κ2) is 8.60. The molecule has 0 saturated heterocycles. The molecule has 1 rings (SSSR count). The second-order valence-corrected chi connectivity index (χ2v) is 5.80. The summed E-state index contributed by atoms with van der Waals surface area (Å²) in [6.07, 6.45) is 2.58. The van der Waals surface area contributed by atoms with Crippen molar-refractivity contribution in [2.45, 2.75) is 44.4 Å². The Kier molecular flexibility index (Phi) is 7.38. The Morgan fingerprint density at radius 3 is 2.41 bits per heavy atom. The summed E-state index contributed by atoms with van der Waals surface area (Å²) in [4.78, 5) is 1.40. The van der Waals surface area contributed by atoms with Gasteiger partial charge in [0.05, 0.1) is 0 Å². The molecule has 0 atom stereocenters. The number of nitrogens with one attached hydrogen (secondary N) is 1. The Morgan fingerprint density at radius 2 is 1.82 bits per heavy atom. The highest BCUT2D eigenvalue weighted by atomic mass is 32.2. The van der Waals surface area contributed by atoms with Gasteiger partial charge in [-0.15, -0.1) is 11.8 Å². The molecule has 0 bridgehead atoms. The minimum absolute atomic E-state index is 0.633. The third-order valence-corrected chi connectivity index (χ3v) is 3.91. The van der Waals surface area contributed by atoms with Gasteiger partial charge in [0.2, 0.25) is 0 Å². The van der Waals surface area contributed by atoms with E-state index in [9.17, 15) is 0 Å². The van der Waals surface area contributed by atoms with Gasteiger partial charge in [-0.2, -0.15) is 0 Å². The molecule has 0 fully saturated rings. The number of thioether (sulfide) groups is 1. The molecule has 0 aromatic heterocycles. The molecule has 17 heavy (non-hydrogen) atoms. The lowest BCUT2D eigenvalue weighted by Crippen LogP contribution is -2.13. The van der Waals surface area contributed by atoms with Crippen LogP contribution in [0.3, 0.4) is 0 Å². The molecule has 0 aliphatic heterocycles. The lowest BCUT2D eigenvalue weighted by atomic mass is 10.0. The van der Waals surface area contributed by atoms with E-state index in [0.717, 1.165) is 13.1 Å². The van der Waals surface area contributed by atoms with Crippen LogP contribution in [0.5, 0.6) is 0 Å². The summed E-state index contributed by atoms with van der Waals surface area (Å²) in [5.41, 5.74) is 1.43. The van der Waals surface area contributed by atoms with Gasteiger partial charge in [-0.05, 0) is 55.3 Å². The van der Waals surface area contributed by atoms with Gasteiger partial charge >= 0.3 is 0 Å². The molecule has 1 N–H and O–H groups in total. The van der Waals surface area contributed by atoms with Crippen LogP contribution in [0.25, 0.3) is 0 Å². The molecule has 1 aromatic rings. The third kappa shape index (κ3) is 6.13. The van der Waals surface area contributed by atoms with Crippen molar-refractivity contribution >= 4 is 11.8 Å². The van der Waals surface area contributed by atoms with Crippen molar-refractivity contribution in [3.63, 3.8) is 0 Å². The first kappa shape index (κ1) is 14.6. The molecular formula is C15H25NS. The maximum atomic E-state index is 3.36. The fourth-order valence-electron chi connectivity index (χ4n) is 1.67. The van der Waals surface area contributed by atoms with E-state index in [-0.39, 0.29) is 0 Å². The van der Waals surface area contributed by atoms with Crippen LogP contribution in [0.15, 0.2) is 29.2 Å². The highest BCUT2D eigenvalue weighted by molar-refractivity contribution is 7.99. The Balaban J connectivity index is 2.19. The van der Waals surface area contributed by atoms with Gasteiger partial charge < -0.3 is 5.32 Å². The normalized spacial score (nSPS) is 11.1. The van der Waals surface area contributed by atoms with E-state index in [4.69, 9.17) is 0 Å². The predicted molar refractivity (Wildman–Crippen MR) is 79.0 cm³/mol. The molecule has 0 aliphatic carbocycles. The molecule has 0 amide bonds. The molecule has 1 aromatic carbocycles. The first-order chi connectivity index (χ1) is 8.24. The molecule has 0 aliphatic rings. The predicted octanol–water partition coefficient (Wildman–Crippen LogP) is 4.29. The van der Waals surface area contributed by atoms with E-state index in [2.05, 4.69) is 50.4 Å². The second-order valence-electron chi connectivity index (χ2n) is 4.63. The zero-order chi connectivity index (χ0) is 12.5. The fourth-order valence-corrected chi connectivity index (χ4v) is 2.58. The van der Waals surface area contributed by atoms with Gasteiger partial charge in [0.15, 0.2) is 0 Å². The first-order valence-electron chi connectivity index (χ1n) is 6.67. The van der Waals surface area contributed by atoms with Gasteiger partial charge in [-0.25, -0.2) is 0 Å². The largest absolute Gasteiger partial charge is 0.317 e. The molecule has 0 saturated carbocycles. The van der Waals surface area contributed by atoms with E-state index in [1.165, 1.54) is 29.1 Å². The minimum atomic E-state index is 0.633. The van der Waals surface area contributed by atoms with E-state index in [1.807, 2.05) is 11.8 Å². The maximum Gasteiger partial charge on any atom is 0.00721 e. The zero-order valence-corrected chi connectivity index (χ0v) is 12.1. The lowest BCUT2D eigenvalue weighted by Gasteiger charge is -2.06. The summed E-state index contributed by atoms with van der Waals surface area (Å²) < 4.78 is 0. The molecule has 96 valence electrons. The van der Waals surface area contributed by atoms with Crippen molar-refractivity contribution in [2.24, 2.45) is 0 Å². The molecule has 0 spiro atoms. The highest BCUT2D eigenvalue weighted by Gasteiger charge is 1.99. The van der Waals surface area contributed by atoms with E-state index >= 15 is 0 Å². The van der Waals surface area contributed by atoms with E-state index in [0.29, 0.717) is 5.92 Å². The van der Waals surface area contributed by atoms with Crippen molar-refractivity contribution in [3.8, 4) is 0 Å². The average molecular weight is 251 g/mol. The van der Waals surface area contributed by atoms with Gasteiger partial charge in [0, 0.05) is 4.90 Å². The SMILES string of the molecule is CCNCCCCSc1ccc(C(C)C)cc1. The summed E-state index contributed by atoms with van der Waals surface area (Å²) in [5, 5.41) is 3.36. The maximum absolute atomic E-state index is 3.36. The molecular weight excluding hydrogens is 226 g/mol. The van der Waals surface area contributed by atoms with Crippen molar-refractivity contribution in [1.82, 2.24) is 5.32 Å². The Hall–Kier alpha value is -0.470. The molecule has 2 heteroatoms. The van der Waals surface area contributed by atoms with Crippen molar-refractivity contribution in [3.05, 3.63) is 29.8 Å². The number of unbranched alkanes of at least 4 members (excludes halogenated alkanes) is 1. The molecule has 0 heterocycles. The number of hydrogen-bond donors (Lipinski definition) is 1. The van der Waals surface area contributed by atoms with Crippen LogP contribution >= 0.6 is 11.8 Å². The monoisotopic (exact) mass is 251 g/mol. The third-order valence-electron chi connectivity index (χ3n) is 2.81. The fraction of sp³-hybridized carbons (Fsp3) is 0.600. The molecule has 1 nitrogen and oxygen atoms in total. The van der Waals surface area contributed by atoms with E-state index in [1.54, 1.807) is 0 Å². The lowest BCUT2D eigenvalue weighted by molar-refractivity contribution is 0.666. The summed E-state index contributed by atoms with van der Waals surface area (Å²) in [6.45, 7) is 8.88. The standard InChI is InChI=1S/C15H25NS/c1-4-16-11-5-6-12-17-15-9-7-14(8-10-15)13(2)3/h7-10,13,16H,4-6,11-12H2,1-3H3. The summed E-state index contributed by atoms with van der Waals surface area (Å²) in [5.74, 6) is 1.86. The van der Waals surface area contributed by atoms with E-state index < -0.39 is 0 Å². The van der Waals surface area contributed by atoms with Crippen LogP contribution < -0.4 is 5.32 Å². The smallest absolute Gasteiger partial charge is 0.00721 e. The molecule has 0 radical (unpaired) electrons. The minimum Gasteiger partial charge on any atom is -0.317 e. The first-order valence-corrected chi connectivity index (χ1v) is 7.66. The number of benzene rings is 1. The van der Waals surface area contributed by atoms with Gasteiger partial charge in [-0.3, -0.25) is 0 Å². The van der Waals surface area contributed by atoms with Crippen LogP contribution in [0.2, 0.25) is 0 Å². The zero-order valence-electron chi connectivity index (χ0n) is 11.3.